The van der Waals surface area contributed by atoms with Crippen LogP contribution in [0.2, 0.25) is 0 Å². The fourth-order valence-corrected chi connectivity index (χ4v) is 4.87. The molecule has 0 atom stereocenters. The first-order valence-corrected chi connectivity index (χ1v) is 11.5. The number of fused-ring (bicyclic) bond motifs is 4. The third kappa shape index (κ3) is 3.02. The molecule has 4 aromatic carbocycles. The Kier molecular flexibility index (Phi) is 4.15. The quantitative estimate of drug-likeness (QED) is 0.300. The number of aromatic amines is 1. The number of H-pyrrole nitrogens is 1. The van der Waals surface area contributed by atoms with E-state index in [0.717, 1.165) is 39.2 Å². The number of nitrogens with one attached hydrogen (secondary N) is 1. The lowest BCUT2D eigenvalue weighted by molar-refractivity contribution is 1.05. The first-order chi connectivity index (χ1) is 16.8. The number of hydrogen-bond acceptors (Lipinski definition) is 1. The smallest absolute Gasteiger partial charge is 0.138 e. The summed E-state index contributed by atoms with van der Waals surface area (Å²) < 4.78 is 2.19. The maximum Gasteiger partial charge on any atom is 0.138 e. The summed E-state index contributed by atoms with van der Waals surface area (Å²) in [5.41, 5.74) is 7.83. The molecule has 3 heteroatoms. The average molecular weight is 436 g/mol. The molecule has 0 fully saturated rings. The zero-order valence-electron chi connectivity index (χ0n) is 18.4. The average Bonchev–Trinajstić information content (AvgIpc) is 3.49. The monoisotopic (exact) mass is 435 g/mol. The van der Waals surface area contributed by atoms with Gasteiger partial charge in [0.25, 0.3) is 0 Å². The van der Waals surface area contributed by atoms with Gasteiger partial charge in [0.05, 0.1) is 11.2 Å². The van der Waals surface area contributed by atoms with Crippen molar-refractivity contribution in [3.63, 3.8) is 0 Å². The maximum absolute atomic E-state index is 5.10. The molecule has 34 heavy (non-hydrogen) atoms. The lowest BCUT2D eigenvalue weighted by atomic mass is 10.0. The topological polar surface area (TPSA) is 33.6 Å². The van der Waals surface area contributed by atoms with E-state index in [1.54, 1.807) is 0 Å². The van der Waals surface area contributed by atoms with Gasteiger partial charge in [-0.15, -0.1) is 0 Å². The van der Waals surface area contributed by atoms with Gasteiger partial charge in [-0.1, -0.05) is 78.9 Å². The van der Waals surface area contributed by atoms with Gasteiger partial charge >= 0.3 is 0 Å². The first kappa shape index (κ1) is 18.9. The van der Waals surface area contributed by atoms with Gasteiger partial charge in [0, 0.05) is 39.0 Å². The molecule has 3 aromatic heterocycles. The summed E-state index contributed by atoms with van der Waals surface area (Å²) in [6, 6.07) is 40.4. The molecule has 3 heterocycles. The van der Waals surface area contributed by atoms with Crippen molar-refractivity contribution < 1.29 is 0 Å². The van der Waals surface area contributed by atoms with Gasteiger partial charge in [-0.3, -0.25) is 0 Å². The third-order valence-corrected chi connectivity index (χ3v) is 6.55. The largest absolute Gasteiger partial charge is 0.354 e. The number of benzene rings is 4. The van der Waals surface area contributed by atoms with Crippen LogP contribution in [0.5, 0.6) is 0 Å². The second kappa shape index (κ2) is 7.46. The fourth-order valence-electron chi connectivity index (χ4n) is 4.87. The Hall–Kier alpha value is -4.63. The number of aromatic nitrogens is 3. The van der Waals surface area contributed by atoms with Gasteiger partial charge in [0.1, 0.15) is 5.82 Å². The number of para-hydroxylation sites is 1. The SMILES string of the molecule is c1ccc(-c2cc(-c3ccccc3)nc(-n3ccc4cc5c(cc43)[nH]c3ccccc35)c2)cc1. The fraction of sp³-hybridized carbons (Fsp3) is 0. The van der Waals surface area contributed by atoms with Gasteiger partial charge in [-0.2, -0.15) is 0 Å². The van der Waals surface area contributed by atoms with Crippen molar-refractivity contribution in [3.8, 4) is 28.2 Å². The molecule has 0 spiro atoms. The maximum atomic E-state index is 5.10. The Morgan fingerprint density at radius 2 is 1.29 bits per heavy atom. The lowest BCUT2D eigenvalue weighted by Gasteiger charge is -2.12. The summed E-state index contributed by atoms with van der Waals surface area (Å²) in [6.07, 6.45) is 2.12. The molecule has 7 rings (SSSR count). The zero-order chi connectivity index (χ0) is 22.5. The Morgan fingerprint density at radius 1 is 0.559 bits per heavy atom. The zero-order valence-corrected chi connectivity index (χ0v) is 18.4. The van der Waals surface area contributed by atoms with E-state index in [2.05, 4.69) is 125 Å². The van der Waals surface area contributed by atoms with E-state index in [-0.39, 0.29) is 0 Å². The predicted molar refractivity (Wildman–Crippen MR) is 141 cm³/mol. The highest BCUT2D eigenvalue weighted by molar-refractivity contribution is 6.11. The number of nitrogens with zero attached hydrogens (tertiary/aromatic N) is 2. The molecule has 3 nitrogen and oxygen atoms in total. The Morgan fingerprint density at radius 3 is 2.12 bits per heavy atom. The minimum atomic E-state index is 0.908. The first-order valence-electron chi connectivity index (χ1n) is 11.5. The summed E-state index contributed by atoms with van der Waals surface area (Å²) in [5.74, 6) is 0.908. The van der Waals surface area contributed by atoms with Crippen LogP contribution in [0.3, 0.4) is 0 Å². The minimum absolute atomic E-state index is 0.908. The van der Waals surface area contributed by atoms with Gasteiger partial charge in [0.15, 0.2) is 0 Å². The normalized spacial score (nSPS) is 11.5. The lowest BCUT2D eigenvalue weighted by Crippen LogP contribution is -1.98. The second-order valence-corrected chi connectivity index (χ2v) is 8.64. The summed E-state index contributed by atoms with van der Waals surface area (Å²) in [4.78, 5) is 8.68. The van der Waals surface area contributed by atoms with Crippen LogP contribution >= 0.6 is 0 Å². The van der Waals surface area contributed by atoms with Crippen LogP contribution in [-0.4, -0.2) is 14.5 Å². The van der Waals surface area contributed by atoms with Crippen LogP contribution in [0.15, 0.2) is 121 Å². The van der Waals surface area contributed by atoms with Gasteiger partial charge in [-0.05, 0) is 47.5 Å². The molecule has 0 aliphatic rings. The standard InChI is InChI=1S/C31H21N3/c1-3-9-21(10-4-1)24-18-28(22-11-5-2-6-12-22)33-31(19-24)34-16-15-23-17-26-25-13-7-8-14-27(25)32-29(26)20-30(23)34/h1-20,32H. The van der Waals surface area contributed by atoms with Crippen molar-refractivity contribution in [1.82, 2.24) is 14.5 Å². The highest BCUT2D eigenvalue weighted by Gasteiger charge is 2.13. The molecule has 0 amide bonds. The molecular weight excluding hydrogens is 414 g/mol. The summed E-state index contributed by atoms with van der Waals surface area (Å²) >= 11 is 0. The molecule has 0 unspecified atom stereocenters. The third-order valence-electron chi connectivity index (χ3n) is 6.55. The van der Waals surface area contributed by atoms with Gasteiger partial charge < -0.3 is 9.55 Å². The molecule has 1 N–H and O–H groups in total. The van der Waals surface area contributed by atoms with E-state index in [9.17, 15) is 0 Å². The molecule has 0 bridgehead atoms. The molecule has 0 aliphatic carbocycles. The molecule has 7 aromatic rings. The number of hydrogen-bond donors (Lipinski definition) is 1. The van der Waals surface area contributed by atoms with E-state index in [1.807, 2.05) is 6.07 Å². The van der Waals surface area contributed by atoms with Crippen molar-refractivity contribution in [2.24, 2.45) is 0 Å². The van der Waals surface area contributed by atoms with Crippen LogP contribution in [0, 0.1) is 0 Å². The number of pyridine rings is 1. The van der Waals surface area contributed by atoms with E-state index >= 15 is 0 Å². The highest BCUT2D eigenvalue weighted by Crippen LogP contribution is 2.33. The molecule has 0 saturated carbocycles. The van der Waals surface area contributed by atoms with Crippen molar-refractivity contribution in [3.05, 3.63) is 121 Å². The van der Waals surface area contributed by atoms with Crippen molar-refractivity contribution in [1.29, 1.82) is 0 Å². The predicted octanol–water partition coefficient (Wildman–Crippen LogP) is 7.99. The molecular formula is C31H21N3. The van der Waals surface area contributed by atoms with E-state index in [0.29, 0.717) is 0 Å². The molecule has 0 saturated heterocycles. The van der Waals surface area contributed by atoms with Crippen molar-refractivity contribution >= 4 is 32.7 Å². The summed E-state index contributed by atoms with van der Waals surface area (Å²) in [7, 11) is 0. The van der Waals surface area contributed by atoms with E-state index < -0.39 is 0 Å². The van der Waals surface area contributed by atoms with Crippen LogP contribution in [-0.2, 0) is 0 Å². The van der Waals surface area contributed by atoms with Crippen LogP contribution < -0.4 is 0 Å². The highest BCUT2D eigenvalue weighted by atomic mass is 15.1. The van der Waals surface area contributed by atoms with Crippen LogP contribution in [0.1, 0.15) is 0 Å². The van der Waals surface area contributed by atoms with Crippen molar-refractivity contribution in [2.45, 2.75) is 0 Å². The molecule has 0 aliphatic heterocycles. The summed E-state index contributed by atoms with van der Waals surface area (Å²) in [5, 5.41) is 3.70. The molecule has 0 radical (unpaired) electrons. The van der Waals surface area contributed by atoms with Crippen molar-refractivity contribution in [2.75, 3.05) is 0 Å². The van der Waals surface area contributed by atoms with Gasteiger partial charge in [-0.25, -0.2) is 4.98 Å². The van der Waals surface area contributed by atoms with Crippen LogP contribution in [0.25, 0.3) is 60.9 Å². The molecule has 160 valence electrons. The van der Waals surface area contributed by atoms with Crippen LogP contribution in [0.4, 0.5) is 0 Å². The second-order valence-electron chi connectivity index (χ2n) is 8.64. The minimum Gasteiger partial charge on any atom is -0.354 e. The Balaban J connectivity index is 1.47. The van der Waals surface area contributed by atoms with E-state index in [4.69, 9.17) is 4.98 Å². The Bertz CT molecular complexity index is 1730. The van der Waals surface area contributed by atoms with E-state index in [1.165, 1.54) is 21.7 Å². The van der Waals surface area contributed by atoms with Gasteiger partial charge in [0.2, 0.25) is 0 Å². The Labute approximate surface area is 196 Å². The summed E-state index contributed by atoms with van der Waals surface area (Å²) in [6.45, 7) is 0. The number of rotatable bonds is 3.